The van der Waals surface area contributed by atoms with Gasteiger partial charge >= 0.3 is 0 Å². The van der Waals surface area contributed by atoms with E-state index in [2.05, 4.69) is 70.6 Å². The van der Waals surface area contributed by atoms with Crippen LogP contribution in [0.1, 0.15) is 47.1 Å². The molecule has 1 aromatic heterocycles. The van der Waals surface area contributed by atoms with Crippen LogP contribution in [0.15, 0.2) is 24.5 Å². The molecule has 0 atom stereocenters. The lowest BCUT2D eigenvalue weighted by molar-refractivity contribution is -0.754. The summed E-state index contributed by atoms with van der Waals surface area (Å²) < 4.78 is 2.24. The first-order chi connectivity index (χ1) is 6.21. The lowest BCUT2D eigenvalue weighted by atomic mass is 9.88. The Morgan fingerprint density at radius 1 is 0.857 bits per heavy atom. The van der Waals surface area contributed by atoms with Gasteiger partial charge in [-0.15, -0.1) is 0 Å². The van der Waals surface area contributed by atoms with Gasteiger partial charge in [-0.05, 0) is 11.0 Å². The van der Waals surface area contributed by atoms with Gasteiger partial charge in [-0.25, -0.2) is 4.57 Å². The van der Waals surface area contributed by atoms with E-state index in [4.69, 9.17) is 0 Å². The molecule has 0 aliphatic rings. The highest BCUT2D eigenvalue weighted by Gasteiger charge is 2.22. The van der Waals surface area contributed by atoms with Gasteiger partial charge in [-0.2, -0.15) is 0 Å². The fraction of sp³-hybridized carbons (Fsp3) is 0.615. The first kappa shape index (κ1) is 11.2. The summed E-state index contributed by atoms with van der Waals surface area (Å²) in [5, 5.41) is 0. The Labute approximate surface area is 87.8 Å². The molecule has 0 fully saturated rings. The third-order valence-corrected chi connectivity index (χ3v) is 2.47. The molecular formula is C13H22N+. The molecule has 0 aromatic carbocycles. The van der Waals surface area contributed by atoms with Crippen LogP contribution >= 0.6 is 0 Å². The highest BCUT2D eigenvalue weighted by atomic mass is 15.0. The van der Waals surface area contributed by atoms with Gasteiger partial charge in [0.15, 0.2) is 17.9 Å². The number of hydrogen-bond donors (Lipinski definition) is 0. The average Bonchev–Trinajstić information content (AvgIpc) is 2.01. The van der Waals surface area contributed by atoms with Crippen LogP contribution in [-0.4, -0.2) is 0 Å². The molecule has 1 heterocycles. The molecule has 0 radical (unpaired) electrons. The van der Waals surface area contributed by atoms with Gasteiger partial charge in [-0.1, -0.05) is 20.8 Å². The normalized spacial score (nSPS) is 13.0. The minimum Gasteiger partial charge on any atom is -0.201 e. The molecule has 78 valence electrons. The van der Waals surface area contributed by atoms with Crippen LogP contribution in [0.2, 0.25) is 0 Å². The summed E-state index contributed by atoms with van der Waals surface area (Å²) >= 11 is 0. The van der Waals surface area contributed by atoms with E-state index in [1.807, 2.05) is 0 Å². The van der Waals surface area contributed by atoms with E-state index < -0.39 is 0 Å². The smallest absolute Gasteiger partial charge is 0.169 e. The predicted molar refractivity (Wildman–Crippen MR) is 60.3 cm³/mol. The van der Waals surface area contributed by atoms with Crippen molar-refractivity contribution >= 4 is 0 Å². The van der Waals surface area contributed by atoms with Gasteiger partial charge in [0.1, 0.15) is 0 Å². The topological polar surface area (TPSA) is 3.88 Å². The summed E-state index contributed by atoms with van der Waals surface area (Å²) in [6.45, 7) is 13.4. The predicted octanol–water partition coefficient (Wildman–Crippen LogP) is 3.03. The first-order valence-corrected chi connectivity index (χ1v) is 5.23. The lowest BCUT2D eigenvalue weighted by Gasteiger charge is -2.19. The molecule has 1 nitrogen and oxygen atoms in total. The Morgan fingerprint density at radius 2 is 1.29 bits per heavy atom. The molecule has 0 aliphatic carbocycles. The van der Waals surface area contributed by atoms with Crippen LogP contribution in [0.25, 0.3) is 0 Å². The fourth-order valence-corrected chi connectivity index (χ4v) is 1.37. The van der Waals surface area contributed by atoms with Gasteiger partial charge in [0.05, 0.1) is 0 Å². The first-order valence-electron chi connectivity index (χ1n) is 5.23. The van der Waals surface area contributed by atoms with E-state index in [1.54, 1.807) is 0 Å². The molecular weight excluding hydrogens is 170 g/mol. The van der Waals surface area contributed by atoms with Crippen LogP contribution < -0.4 is 4.57 Å². The molecule has 1 rings (SSSR count). The second-order valence-corrected chi connectivity index (χ2v) is 5.91. The maximum atomic E-state index is 2.24. The van der Waals surface area contributed by atoms with Gasteiger partial charge in [0.25, 0.3) is 0 Å². The Bertz CT molecular complexity index is 262. The van der Waals surface area contributed by atoms with Crippen LogP contribution in [0, 0.1) is 0 Å². The summed E-state index contributed by atoms with van der Waals surface area (Å²) in [6.07, 6.45) is 4.33. The second kappa shape index (κ2) is 3.38. The Balaban J connectivity index is 3.02. The second-order valence-electron chi connectivity index (χ2n) is 5.91. The molecule has 0 saturated heterocycles. The van der Waals surface area contributed by atoms with Gasteiger partial charge in [0, 0.05) is 32.9 Å². The number of hydrogen-bond acceptors (Lipinski definition) is 0. The summed E-state index contributed by atoms with van der Waals surface area (Å²) in [5.41, 5.74) is 1.81. The third-order valence-electron chi connectivity index (χ3n) is 2.47. The van der Waals surface area contributed by atoms with E-state index in [1.165, 1.54) is 5.56 Å². The Morgan fingerprint density at radius 3 is 1.57 bits per heavy atom. The molecule has 14 heavy (non-hydrogen) atoms. The van der Waals surface area contributed by atoms with Crippen molar-refractivity contribution in [3.63, 3.8) is 0 Å². The van der Waals surface area contributed by atoms with E-state index in [9.17, 15) is 0 Å². The van der Waals surface area contributed by atoms with Gasteiger partial charge in [0.2, 0.25) is 0 Å². The fourth-order valence-electron chi connectivity index (χ4n) is 1.37. The molecule has 1 heteroatoms. The molecule has 0 spiro atoms. The monoisotopic (exact) mass is 192 g/mol. The van der Waals surface area contributed by atoms with Crippen molar-refractivity contribution in [2.24, 2.45) is 0 Å². The van der Waals surface area contributed by atoms with E-state index >= 15 is 0 Å². The summed E-state index contributed by atoms with van der Waals surface area (Å²) in [7, 11) is 0. The summed E-state index contributed by atoms with van der Waals surface area (Å²) in [5.74, 6) is 0. The number of aromatic nitrogens is 1. The van der Waals surface area contributed by atoms with Crippen molar-refractivity contribution in [1.82, 2.24) is 0 Å². The minimum absolute atomic E-state index is 0.177. The van der Waals surface area contributed by atoms with Crippen LogP contribution in [-0.2, 0) is 11.0 Å². The molecule has 1 aromatic rings. The number of rotatable bonds is 0. The largest absolute Gasteiger partial charge is 0.201 e. The number of pyridine rings is 1. The Hall–Kier alpha value is -0.850. The zero-order valence-corrected chi connectivity index (χ0v) is 10.3. The molecule has 0 aliphatic heterocycles. The maximum Gasteiger partial charge on any atom is 0.169 e. The molecule has 0 saturated carbocycles. The highest BCUT2D eigenvalue weighted by molar-refractivity contribution is 5.17. The molecule has 0 bridgehead atoms. The van der Waals surface area contributed by atoms with Crippen LogP contribution in [0.3, 0.4) is 0 Å². The maximum absolute atomic E-state index is 2.24. The summed E-state index contributed by atoms with van der Waals surface area (Å²) in [4.78, 5) is 0. The van der Waals surface area contributed by atoms with Crippen molar-refractivity contribution in [3.8, 4) is 0 Å². The van der Waals surface area contributed by atoms with Crippen molar-refractivity contribution < 1.29 is 4.57 Å². The van der Waals surface area contributed by atoms with Crippen molar-refractivity contribution in [1.29, 1.82) is 0 Å². The highest BCUT2D eigenvalue weighted by Crippen LogP contribution is 2.20. The van der Waals surface area contributed by atoms with E-state index in [0.717, 1.165) is 0 Å². The number of nitrogens with zero attached hydrogens (tertiary/aromatic N) is 1. The quantitative estimate of drug-likeness (QED) is 0.556. The molecule has 0 N–H and O–H groups in total. The van der Waals surface area contributed by atoms with E-state index in [0.29, 0.717) is 0 Å². The van der Waals surface area contributed by atoms with Crippen LogP contribution in [0.4, 0.5) is 0 Å². The van der Waals surface area contributed by atoms with Crippen molar-refractivity contribution in [2.75, 3.05) is 0 Å². The Kier molecular flexibility index (Phi) is 2.71. The van der Waals surface area contributed by atoms with Crippen molar-refractivity contribution in [3.05, 3.63) is 30.1 Å². The molecule has 0 amide bonds. The SMILES string of the molecule is CC(C)(C)c1cc[n+](C(C)(C)C)cc1. The summed E-state index contributed by atoms with van der Waals surface area (Å²) in [6, 6.07) is 4.43. The van der Waals surface area contributed by atoms with E-state index in [-0.39, 0.29) is 11.0 Å². The van der Waals surface area contributed by atoms with Crippen molar-refractivity contribution in [2.45, 2.75) is 52.5 Å². The van der Waals surface area contributed by atoms with Gasteiger partial charge < -0.3 is 0 Å². The standard InChI is InChI=1S/C13H22N/c1-12(2,3)11-7-9-14(10-8-11)13(4,5)6/h7-10H,1-6H3/q+1. The van der Waals surface area contributed by atoms with Crippen LogP contribution in [0.5, 0.6) is 0 Å². The van der Waals surface area contributed by atoms with Gasteiger partial charge in [-0.3, -0.25) is 0 Å². The lowest BCUT2D eigenvalue weighted by Crippen LogP contribution is -2.49. The zero-order chi connectivity index (χ0) is 11.0. The third kappa shape index (κ3) is 2.57. The minimum atomic E-state index is 0.177. The molecule has 0 unspecified atom stereocenters. The average molecular weight is 192 g/mol. The zero-order valence-electron chi connectivity index (χ0n) is 10.3.